The van der Waals surface area contributed by atoms with Crippen LogP contribution in [0.5, 0.6) is 0 Å². The molecular formula is C18H10ClNO2. The summed E-state index contributed by atoms with van der Waals surface area (Å²) in [5.41, 5.74) is 3.10. The van der Waals surface area contributed by atoms with Gasteiger partial charge in [0, 0.05) is 27.8 Å². The highest BCUT2D eigenvalue weighted by molar-refractivity contribution is 6.33. The van der Waals surface area contributed by atoms with Crippen molar-refractivity contribution < 1.29 is 4.79 Å². The summed E-state index contributed by atoms with van der Waals surface area (Å²) in [6.45, 7) is 0. The summed E-state index contributed by atoms with van der Waals surface area (Å²) in [5, 5.41) is 0.574. The molecule has 4 rings (SSSR count). The van der Waals surface area contributed by atoms with Gasteiger partial charge in [-0.05, 0) is 23.8 Å². The molecule has 0 bridgehead atoms. The molecule has 0 amide bonds. The molecule has 0 fully saturated rings. The molecule has 1 aliphatic rings. The summed E-state index contributed by atoms with van der Waals surface area (Å²) in [5.74, 6) is -0.277. The number of fused-ring (bicyclic) bond motifs is 3. The molecule has 0 saturated heterocycles. The van der Waals surface area contributed by atoms with Crippen LogP contribution >= 0.6 is 11.6 Å². The van der Waals surface area contributed by atoms with Crippen molar-refractivity contribution in [2.75, 3.05) is 0 Å². The molecular weight excluding hydrogens is 298 g/mol. The second kappa shape index (κ2) is 4.68. The van der Waals surface area contributed by atoms with Crippen LogP contribution in [0, 0.1) is 0 Å². The van der Waals surface area contributed by atoms with Gasteiger partial charge in [-0.25, -0.2) is 4.57 Å². The Hall–Kier alpha value is -2.65. The first-order valence-corrected chi connectivity index (χ1v) is 7.21. The zero-order valence-electron chi connectivity index (χ0n) is 11.4. The summed E-state index contributed by atoms with van der Waals surface area (Å²) < 4.78 is 1.21. The van der Waals surface area contributed by atoms with Crippen LogP contribution in [-0.4, -0.2) is 10.5 Å². The molecule has 1 aliphatic heterocycles. The van der Waals surface area contributed by atoms with Gasteiger partial charge in [-0.1, -0.05) is 48.0 Å². The lowest BCUT2D eigenvalue weighted by molar-refractivity contribution is 0.0965. The van der Waals surface area contributed by atoms with Crippen molar-refractivity contribution in [3.05, 3.63) is 81.6 Å². The number of hydrogen-bond acceptors (Lipinski definition) is 2. The van der Waals surface area contributed by atoms with Crippen molar-refractivity contribution in [2.45, 2.75) is 0 Å². The Labute approximate surface area is 131 Å². The molecule has 2 aromatic carbocycles. The van der Waals surface area contributed by atoms with E-state index in [1.54, 1.807) is 18.2 Å². The first kappa shape index (κ1) is 13.0. The molecule has 106 valence electrons. The molecule has 2 heterocycles. The van der Waals surface area contributed by atoms with E-state index in [1.807, 2.05) is 36.4 Å². The van der Waals surface area contributed by atoms with Gasteiger partial charge < -0.3 is 0 Å². The number of rotatable bonds is 1. The van der Waals surface area contributed by atoms with Crippen LogP contribution in [0.4, 0.5) is 0 Å². The lowest BCUT2D eigenvalue weighted by Crippen LogP contribution is -2.23. The van der Waals surface area contributed by atoms with E-state index in [-0.39, 0.29) is 11.5 Å². The highest BCUT2D eigenvalue weighted by Gasteiger charge is 2.27. The van der Waals surface area contributed by atoms with Gasteiger partial charge in [0.15, 0.2) is 0 Å². The van der Waals surface area contributed by atoms with E-state index >= 15 is 0 Å². The molecule has 3 nitrogen and oxygen atoms in total. The van der Waals surface area contributed by atoms with Gasteiger partial charge in [-0.3, -0.25) is 9.59 Å². The molecule has 0 radical (unpaired) electrons. The molecule has 1 aromatic heterocycles. The fourth-order valence-corrected chi connectivity index (χ4v) is 3.09. The number of pyridine rings is 1. The Kier molecular flexibility index (Phi) is 2.78. The maximum atomic E-state index is 12.4. The molecule has 0 aliphatic carbocycles. The van der Waals surface area contributed by atoms with Gasteiger partial charge in [0.2, 0.25) is 0 Å². The first-order valence-electron chi connectivity index (χ1n) is 6.83. The van der Waals surface area contributed by atoms with Crippen molar-refractivity contribution in [2.24, 2.45) is 0 Å². The zero-order chi connectivity index (χ0) is 15.3. The Balaban J connectivity index is 2.03. The predicted octanol–water partition coefficient (Wildman–Crippen LogP) is 3.84. The number of aromatic nitrogens is 1. The Bertz CT molecular complexity index is 988. The molecule has 0 saturated carbocycles. The third-order valence-electron chi connectivity index (χ3n) is 3.85. The molecule has 0 unspecified atom stereocenters. The van der Waals surface area contributed by atoms with Gasteiger partial charge >= 0.3 is 0 Å². The second-order valence-electron chi connectivity index (χ2n) is 5.13. The summed E-state index contributed by atoms with van der Waals surface area (Å²) in [6, 6.07) is 17.9. The van der Waals surface area contributed by atoms with E-state index in [4.69, 9.17) is 11.6 Å². The van der Waals surface area contributed by atoms with Crippen LogP contribution in [-0.2, 0) is 0 Å². The minimum atomic E-state index is -0.339. The smallest absolute Gasteiger partial charge is 0.266 e. The lowest BCUT2D eigenvalue weighted by atomic mass is 10.0. The van der Waals surface area contributed by atoms with E-state index in [1.165, 1.54) is 10.6 Å². The highest BCUT2D eigenvalue weighted by atomic mass is 35.5. The summed E-state index contributed by atoms with van der Waals surface area (Å²) in [4.78, 5) is 24.8. The van der Waals surface area contributed by atoms with E-state index in [0.29, 0.717) is 21.8 Å². The molecule has 22 heavy (non-hydrogen) atoms. The van der Waals surface area contributed by atoms with Gasteiger partial charge in [-0.2, -0.15) is 0 Å². The maximum Gasteiger partial charge on any atom is 0.266 e. The fourth-order valence-electron chi connectivity index (χ4n) is 2.84. The largest absolute Gasteiger partial charge is 0.269 e. The molecule has 0 atom stereocenters. The van der Waals surface area contributed by atoms with Gasteiger partial charge in [-0.15, -0.1) is 0 Å². The maximum absolute atomic E-state index is 12.4. The van der Waals surface area contributed by atoms with Crippen LogP contribution in [0.25, 0.3) is 22.4 Å². The number of nitrogens with zero attached hydrogens (tertiary/aromatic N) is 1. The highest BCUT2D eigenvalue weighted by Crippen LogP contribution is 2.34. The number of benzene rings is 2. The first-order chi connectivity index (χ1) is 10.7. The monoisotopic (exact) mass is 307 g/mol. The average Bonchev–Trinajstić information content (AvgIpc) is 2.82. The molecule has 3 aromatic rings. The quantitative estimate of drug-likeness (QED) is 0.536. The van der Waals surface area contributed by atoms with Gasteiger partial charge in [0.05, 0.1) is 5.69 Å². The lowest BCUT2D eigenvalue weighted by Gasteiger charge is -2.07. The number of halogens is 1. The number of carbonyl (C=O) groups excluding carboxylic acids is 1. The van der Waals surface area contributed by atoms with Crippen LogP contribution in [0.15, 0.2) is 65.5 Å². The second-order valence-corrected chi connectivity index (χ2v) is 5.54. The van der Waals surface area contributed by atoms with Gasteiger partial charge in [0.25, 0.3) is 11.5 Å². The van der Waals surface area contributed by atoms with Gasteiger partial charge in [0.1, 0.15) is 0 Å². The molecule has 0 N–H and O–H groups in total. The minimum absolute atomic E-state index is 0.277. The molecule has 4 heteroatoms. The van der Waals surface area contributed by atoms with Crippen LogP contribution in [0.1, 0.15) is 10.4 Å². The van der Waals surface area contributed by atoms with Crippen LogP contribution in [0.3, 0.4) is 0 Å². The Morgan fingerprint density at radius 3 is 2.14 bits per heavy atom. The minimum Gasteiger partial charge on any atom is -0.269 e. The average molecular weight is 308 g/mol. The topological polar surface area (TPSA) is 39.1 Å². The van der Waals surface area contributed by atoms with E-state index in [2.05, 4.69) is 0 Å². The van der Waals surface area contributed by atoms with Crippen molar-refractivity contribution in [3.63, 3.8) is 0 Å². The standard InChI is InChI=1S/C18H10ClNO2/c19-15-8-4-3-5-12(15)11-9-16-13-6-1-2-7-14(13)18(22)20(16)17(21)10-11/h1-10H. The van der Waals surface area contributed by atoms with Crippen molar-refractivity contribution >= 4 is 17.5 Å². The normalized spacial score (nSPS) is 12.1. The van der Waals surface area contributed by atoms with Crippen molar-refractivity contribution in [3.8, 4) is 22.4 Å². The SMILES string of the molecule is O=C1c2ccccc2-c2cc(-c3ccccc3Cl)cc(=O)n21. The summed E-state index contributed by atoms with van der Waals surface area (Å²) in [7, 11) is 0. The van der Waals surface area contributed by atoms with Crippen molar-refractivity contribution in [1.82, 2.24) is 4.57 Å². The van der Waals surface area contributed by atoms with Crippen LogP contribution < -0.4 is 5.56 Å². The van der Waals surface area contributed by atoms with Crippen LogP contribution in [0.2, 0.25) is 5.02 Å². The Morgan fingerprint density at radius 2 is 1.41 bits per heavy atom. The summed E-state index contributed by atoms with van der Waals surface area (Å²) in [6.07, 6.45) is 0. The number of hydrogen-bond donors (Lipinski definition) is 0. The number of carbonyl (C=O) groups is 1. The van der Waals surface area contributed by atoms with Crippen molar-refractivity contribution in [1.29, 1.82) is 0 Å². The third kappa shape index (κ3) is 1.76. The Morgan fingerprint density at radius 1 is 0.773 bits per heavy atom. The fraction of sp³-hybridized carbons (Fsp3) is 0. The molecule has 0 spiro atoms. The zero-order valence-corrected chi connectivity index (χ0v) is 12.2. The third-order valence-corrected chi connectivity index (χ3v) is 4.18. The van der Waals surface area contributed by atoms with E-state index in [0.717, 1.165) is 11.1 Å². The summed E-state index contributed by atoms with van der Waals surface area (Å²) >= 11 is 6.22. The van der Waals surface area contributed by atoms with E-state index < -0.39 is 0 Å². The predicted molar refractivity (Wildman–Crippen MR) is 86.3 cm³/mol. The van der Waals surface area contributed by atoms with E-state index in [9.17, 15) is 9.59 Å².